The van der Waals surface area contributed by atoms with Crippen LogP contribution in [0.2, 0.25) is 0 Å². The molecule has 0 heterocycles. The maximum Gasteiger partial charge on any atom is 0.124 e. The summed E-state index contributed by atoms with van der Waals surface area (Å²) in [6, 6.07) is 4.54. The number of hydrogen-bond acceptors (Lipinski definition) is 3. The Morgan fingerprint density at radius 1 is 1.28 bits per heavy atom. The van der Waals surface area contributed by atoms with Crippen molar-refractivity contribution < 1.29 is 4.74 Å². The van der Waals surface area contributed by atoms with E-state index in [0.29, 0.717) is 0 Å². The lowest BCUT2D eigenvalue weighted by molar-refractivity contribution is 0.238. The molecule has 0 radical (unpaired) electrons. The standard InChI is InChI=1S/C15H24N2O/c1-10-8-11(2)13(12(9-10)18-5)14(17(3)4)15(16)6-7-15/h8-9,14H,6-7,16H2,1-5H3. The Hall–Kier alpha value is -1.06. The first-order valence-corrected chi connectivity index (χ1v) is 6.49. The van der Waals surface area contributed by atoms with E-state index in [1.54, 1.807) is 7.11 Å². The molecule has 0 aromatic heterocycles. The summed E-state index contributed by atoms with van der Waals surface area (Å²) in [6.45, 7) is 4.24. The van der Waals surface area contributed by atoms with Crippen LogP contribution in [0.1, 0.15) is 35.6 Å². The van der Waals surface area contributed by atoms with Crippen molar-refractivity contribution >= 4 is 0 Å². The molecular formula is C15H24N2O. The average Bonchev–Trinajstić information content (AvgIpc) is 3.00. The molecule has 2 N–H and O–H groups in total. The Morgan fingerprint density at radius 2 is 1.89 bits per heavy atom. The summed E-state index contributed by atoms with van der Waals surface area (Å²) in [6.07, 6.45) is 2.18. The van der Waals surface area contributed by atoms with Crippen molar-refractivity contribution in [2.75, 3.05) is 21.2 Å². The number of ether oxygens (including phenoxy) is 1. The van der Waals surface area contributed by atoms with E-state index in [1.807, 2.05) is 0 Å². The third-order valence-electron chi connectivity index (χ3n) is 3.87. The predicted molar refractivity (Wildman–Crippen MR) is 75.0 cm³/mol. The number of aryl methyl sites for hydroxylation is 2. The molecule has 100 valence electrons. The molecule has 1 aromatic carbocycles. The molecule has 0 amide bonds. The van der Waals surface area contributed by atoms with Crippen LogP contribution >= 0.6 is 0 Å². The van der Waals surface area contributed by atoms with Crippen molar-refractivity contribution in [2.24, 2.45) is 5.73 Å². The van der Waals surface area contributed by atoms with Gasteiger partial charge in [0, 0.05) is 11.1 Å². The van der Waals surface area contributed by atoms with Crippen molar-refractivity contribution in [1.29, 1.82) is 0 Å². The molecule has 1 atom stereocenters. The summed E-state index contributed by atoms with van der Waals surface area (Å²) in [5.41, 5.74) is 10.1. The van der Waals surface area contributed by atoms with Gasteiger partial charge in [-0.2, -0.15) is 0 Å². The van der Waals surface area contributed by atoms with Gasteiger partial charge in [-0.25, -0.2) is 0 Å². The smallest absolute Gasteiger partial charge is 0.124 e. The highest BCUT2D eigenvalue weighted by Gasteiger charge is 2.48. The molecule has 1 saturated carbocycles. The second kappa shape index (κ2) is 4.56. The summed E-state index contributed by atoms with van der Waals surface area (Å²) in [5, 5.41) is 0. The van der Waals surface area contributed by atoms with Crippen molar-refractivity contribution in [3.63, 3.8) is 0 Å². The molecule has 1 aliphatic carbocycles. The molecule has 1 fully saturated rings. The number of likely N-dealkylation sites (N-methyl/N-ethyl adjacent to an activating group) is 1. The van der Waals surface area contributed by atoms with Crippen LogP contribution in [0.15, 0.2) is 12.1 Å². The number of nitrogens with two attached hydrogens (primary N) is 1. The highest BCUT2D eigenvalue weighted by atomic mass is 16.5. The van der Waals surface area contributed by atoms with Crippen LogP contribution in [0, 0.1) is 13.8 Å². The normalized spacial score (nSPS) is 18.8. The van der Waals surface area contributed by atoms with Crippen molar-refractivity contribution in [2.45, 2.75) is 38.3 Å². The van der Waals surface area contributed by atoms with Gasteiger partial charge >= 0.3 is 0 Å². The summed E-state index contributed by atoms with van der Waals surface area (Å²) in [7, 11) is 5.92. The van der Waals surface area contributed by atoms with E-state index < -0.39 is 0 Å². The Kier molecular flexibility index (Phi) is 3.39. The molecule has 3 heteroatoms. The number of rotatable bonds is 4. The van der Waals surface area contributed by atoms with Crippen LogP contribution in [0.25, 0.3) is 0 Å². The van der Waals surface area contributed by atoms with Gasteiger partial charge in [-0.05, 0) is 58.0 Å². The molecule has 1 unspecified atom stereocenters. The van der Waals surface area contributed by atoms with E-state index in [2.05, 4.69) is 45.0 Å². The van der Waals surface area contributed by atoms with Gasteiger partial charge in [0.2, 0.25) is 0 Å². The molecule has 1 aromatic rings. The number of methoxy groups -OCH3 is 1. The van der Waals surface area contributed by atoms with E-state index in [4.69, 9.17) is 10.5 Å². The first-order chi connectivity index (χ1) is 8.39. The monoisotopic (exact) mass is 248 g/mol. The van der Waals surface area contributed by atoms with Gasteiger partial charge < -0.3 is 15.4 Å². The zero-order valence-electron chi connectivity index (χ0n) is 12.1. The maximum atomic E-state index is 6.46. The van der Waals surface area contributed by atoms with Crippen LogP contribution in [-0.4, -0.2) is 31.6 Å². The van der Waals surface area contributed by atoms with E-state index in [0.717, 1.165) is 18.6 Å². The first-order valence-electron chi connectivity index (χ1n) is 6.49. The second-order valence-corrected chi connectivity index (χ2v) is 5.80. The minimum atomic E-state index is -0.0865. The largest absolute Gasteiger partial charge is 0.496 e. The molecule has 2 rings (SSSR count). The Morgan fingerprint density at radius 3 is 2.33 bits per heavy atom. The molecule has 0 spiro atoms. The van der Waals surface area contributed by atoms with E-state index in [1.165, 1.54) is 16.7 Å². The number of hydrogen-bond donors (Lipinski definition) is 1. The SMILES string of the molecule is COc1cc(C)cc(C)c1C(N(C)C)C1(N)CC1. The molecule has 0 saturated heterocycles. The zero-order valence-corrected chi connectivity index (χ0v) is 12.1. The summed E-state index contributed by atoms with van der Waals surface area (Å²) in [5.74, 6) is 0.961. The number of benzene rings is 1. The van der Waals surface area contributed by atoms with Gasteiger partial charge in [-0.3, -0.25) is 0 Å². The fraction of sp³-hybridized carbons (Fsp3) is 0.600. The first kappa shape index (κ1) is 13.4. The van der Waals surface area contributed by atoms with Gasteiger partial charge in [-0.1, -0.05) is 6.07 Å². The second-order valence-electron chi connectivity index (χ2n) is 5.80. The Labute approximate surface area is 110 Å². The predicted octanol–water partition coefficient (Wildman–Crippen LogP) is 2.41. The van der Waals surface area contributed by atoms with Crippen LogP contribution in [0.5, 0.6) is 5.75 Å². The molecule has 0 aliphatic heterocycles. The van der Waals surface area contributed by atoms with Crippen LogP contribution in [0.4, 0.5) is 0 Å². The third-order valence-corrected chi connectivity index (χ3v) is 3.87. The van der Waals surface area contributed by atoms with Crippen LogP contribution in [-0.2, 0) is 0 Å². The summed E-state index contributed by atoms with van der Waals surface area (Å²) >= 11 is 0. The fourth-order valence-corrected chi connectivity index (χ4v) is 2.94. The summed E-state index contributed by atoms with van der Waals surface area (Å²) in [4.78, 5) is 2.22. The lowest BCUT2D eigenvalue weighted by Gasteiger charge is -2.33. The highest BCUT2D eigenvalue weighted by molar-refractivity contribution is 5.47. The molecule has 0 bridgehead atoms. The molecule has 3 nitrogen and oxygen atoms in total. The lowest BCUT2D eigenvalue weighted by atomic mass is 9.91. The Bertz CT molecular complexity index is 450. The minimum absolute atomic E-state index is 0.0865. The molecule has 1 aliphatic rings. The van der Waals surface area contributed by atoms with Crippen molar-refractivity contribution in [3.05, 3.63) is 28.8 Å². The zero-order chi connectivity index (χ0) is 13.5. The fourth-order valence-electron chi connectivity index (χ4n) is 2.94. The molecular weight excluding hydrogens is 224 g/mol. The average molecular weight is 248 g/mol. The van der Waals surface area contributed by atoms with E-state index in [-0.39, 0.29) is 11.6 Å². The lowest BCUT2D eigenvalue weighted by Crippen LogP contribution is -2.40. The van der Waals surface area contributed by atoms with E-state index in [9.17, 15) is 0 Å². The maximum absolute atomic E-state index is 6.46. The van der Waals surface area contributed by atoms with E-state index >= 15 is 0 Å². The number of nitrogens with zero attached hydrogens (tertiary/aromatic N) is 1. The van der Waals surface area contributed by atoms with Crippen molar-refractivity contribution in [1.82, 2.24) is 4.90 Å². The minimum Gasteiger partial charge on any atom is -0.496 e. The van der Waals surface area contributed by atoms with Crippen LogP contribution in [0.3, 0.4) is 0 Å². The van der Waals surface area contributed by atoms with Gasteiger partial charge in [0.25, 0.3) is 0 Å². The van der Waals surface area contributed by atoms with Gasteiger partial charge in [0.1, 0.15) is 5.75 Å². The Balaban J connectivity index is 2.54. The summed E-state index contributed by atoms with van der Waals surface area (Å²) < 4.78 is 5.58. The quantitative estimate of drug-likeness (QED) is 0.889. The topological polar surface area (TPSA) is 38.5 Å². The van der Waals surface area contributed by atoms with Gasteiger partial charge in [-0.15, -0.1) is 0 Å². The van der Waals surface area contributed by atoms with Crippen LogP contribution < -0.4 is 10.5 Å². The molecule has 18 heavy (non-hydrogen) atoms. The third kappa shape index (κ3) is 2.25. The van der Waals surface area contributed by atoms with Gasteiger partial charge in [0.15, 0.2) is 0 Å². The van der Waals surface area contributed by atoms with Gasteiger partial charge in [0.05, 0.1) is 13.2 Å². The highest BCUT2D eigenvalue weighted by Crippen LogP contribution is 2.49. The van der Waals surface area contributed by atoms with Crippen molar-refractivity contribution in [3.8, 4) is 5.75 Å².